The fourth-order valence-corrected chi connectivity index (χ4v) is 2.71. The molecule has 0 fully saturated rings. The number of carbonyl (C=O) groups is 1. The lowest BCUT2D eigenvalue weighted by molar-refractivity contribution is -0.139. The number of para-hydroxylation sites is 1. The lowest BCUT2D eigenvalue weighted by Crippen LogP contribution is -2.36. The normalized spacial score (nSPS) is 11.0. The summed E-state index contributed by atoms with van der Waals surface area (Å²) < 4.78 is 44.3. The second kappa shape index (κ2) is 8.58. The van der Waals surface area contributed by atoms with Crippen LogP contribution in [0.15, 0.2) is 42.5 Å². The van der Waals surface area contributed by atoms with E-state index < -0.39 is 30.0 Å². The van der Waals surface area contributed by atoms with Crippen molar-refractivity contribution in [1.29, 1.82) is 5.26 Å². The Labute approximate surface area is 155 Å². The van der Waals surface area contributed by atoms with Crippen molar-refractivity contribution >= 4 is 11.6 Å². The van der Waals surface area contributed by atoms with Crippen LogP contribution in [0.5, 0.6) is 5.75 Å². The zero-order valence-electron chi connectivity index (χ0n) is 15.0. The molecule has 0 aliphatic rings. The van der Waals surface area contributed by atoms with Crippen LogP contribution < -0.4 is 9.64 Å². The van der Waals surface area contributed by atoms with Gasteiger partial charge in [0.2, 0.25) is 0 Å². The maximum Gasteiger partial charge on any atom is 0.419 e. The van der Waals surface area contributed by atoms with Crippen molar-refractivity contribution in [2.75, 3.05) is 18.1 Å². The second-order valence-electron chi connectivity index (χ2n) is 6.08. The molecule has 0 radical (unpaired) electrons. The molecular weight excluding hydrogens is 357 g/mol. The van der Waals surface area contributed by atoms with E-state index in [2.05, 4.69) is 0 Å². The number of aryl methyl sites for hydroxylation is 2. The molecule has 0 atom stereocenters. The van der Waals surface area contributed by atoms with Crippen molar-refractivity contribution in [1.82, 2.24) is 0 Å². The van der Waals surface area contributed by atoms with Crippen molar-refractivity contribution in [3.05, 3.63) is 59.2 Å². The van der Waals surface area contributed by atoms with Crippen LogP contribution in [0, 0.1) is 25.2 Å². The lowest BCUT2D eigenvalue weighted by atomic mass is 10.1. The van der Waals surface area contributed by atoms with Crippen molar-refractivity contribution in [2.24, 2.45) is 0 Å². The van der Waals surface area contributed by atoms with Crippen LogP contribution in [0.2, 0.25) is 0 Å². The number of nitriles is 1. The van der Waals surface area contributed by atoms with E-state index in [0.717, 1.165) is 17.2 Å². The van der Waals surface area contributed by atoms with E-state index in [1.807, 2.05) is 26.0 Å². The smallest absolute Gasteiger partial charge is 0.419 e. The molecule has 0 heterocycles. The highest BCUT2D eigenvalue weighted by atomic mass is 19.4. The van der Waals surface area contributed by atoms with Crippen molar-refractivity contribution in [2.45, 2.75) is 26.4 Å². The van der Waals surface area contributed by atoms with E-state index in [1.54, 1.807) is 12.1 Å². The molecule has 1 amide bonds. The minimum absolute atomic E-state index is 0.0951. The Hall–Kier alpha value is -3.01. The van der Waals surface area contributed by atoms with Crippen LogP contribution in [0.4, 0.5) is 18.9 Å². The number of rotatable bonds is 6. The van der Waals surface area contributed by atoms with E-state index in [4.69, 9.17) is 10.00 Å². The van der Waals surface area contributed by atoms with Crippen LogP contribution >= 0.6 is 0 Å². The summed E-state index contributed by atoms with van der Waals surface area (Å²) in [5.74, 6) is -0.925. The van der Waals surface area contributed by atoms with E-state index in [9.17, 15) is 18.0 Å². The maximum atomic E-state index is 13.0. The molecule has 7 heteroatoms. The first-order valence-electron chi connectivity index (χ1n) is 8.27. The summed E-state index contributed by atoms with van der Waals surface area (Å²) in [4.78, 5) is 14.0. The number of halogens is 3. The molecule has 27 heavy (non-hydrogen) atoms. The molecule has 2 rings (SSSR count). The van der Waals surface area contributed by atoms with Gasteiger partial charge in [0.05, 0.1) is 18.1 Å². The number of hydrogen-bond donors (Lipinski definition) is 0. The van der Waals surface area contributed by atoms with Crippen molar-refractivity contribution < 1.29 is 22.7 Å². The van der Waals surface area contributed by atoms with Gasteiger partial charge in [-0.1, -0.05) is 18.2 Å². The molecule has 4 nitrogen and oxygen atoms in total. The SMILES string of the molecule is Cc1cc(C)cc(N(CCC#N)C(=O)COc2ccccc2C(F)(F)F)c1. The monoisotopic (exact) mass is 376 g/mol. The minimum atomic E-state index is -4.58. The van der Waals surface area contributed by atoms with Gasteiger partial charge >= 0.3 is 6.18 Å². The number of anilines is 1. The zero-order valence-corrected chi connectivity index (χ0v) is 15.0. The number of carbonyl (C=O) groups excluding carboxylic acids is 1. The van der Waals surface area contributed by atoms with E-state index in [0.29, 0.717) is 5.69 Å². The van der Waals surface area contributed by atoms with Gasteiger partial charge in [0.25, 0.3) is 5.91 Å². The molecular formula is C20H19F3N2O2. The first-order valence-corrected chi connectivity index (χ1v) is 8.27. The lowest BCUT2D eigenvalue weighted by Gasteiger charge is -2.23. The van der Waals surface area contributed by atoms with Crippen LogP contribution in [0.1, 0.15) is 23.1 Å². The largest absolute Gasteiger partial charge is 0.483 e. The van der Waals surface area contributed by atoms with Gasteiger partial charge in [-0.15, -0.1) is 0 Å². The highest BCUT2D eigenvalue weighted by Crippen LogP contribution is 2.35. The predicted molar refractivity (Wildman–Crippen MR) is 95.4 cm³/mol. The molecule has 0 unspecified atom stereocenters. The highest BCUT2D eigenvalue weighted by molar-refractivity contribution is 5.94. The third-order valence-electron chi connectivity index (χ3n) is 3.81. The van der Waals surface area contributed by atoms with Crippen LogP contribution in [0.25, 0.3) is 0 Å². The molecule has 2 aromatic carbocycles. The fraction of sp³-hybridized carbons (Fsp3) is 0.300. The average molecular weight is 376 g/mol. The first kappa shape index (κ1) is 20.3. The van der Waals surface area contributed by atoms with Gasteiger partial charge in [-0.25, -0.2) is 0 Å². The summed E-state index contributed by atoms with van der Waals surface area (Å²) in [6.07, 6.45) is -4.48. The van der Waals surface area contributed by atoms with Gasteiger partial charge in [0, 0.05) is 12.2 Å². The van der Waals surface area contributed by atoms with Crippen molar-refractivity contribution in [3.63, 3.8) is 0 Å². The van der Waals surface area contributed by atoms with Crippen LogP contribution in [0.3, 0.4) is 0 Å². The number of nitrogens with zero attached hydrogens (tertiary/aromatic N) is 2. The molecule has 2 aromatic rings. The number of amides is 1. The van der Waals surface area contributed by atoms with E-state index >= 15 is 0 Å². The highest BCUT2D eigenvalue weighted by Gasteiger charge is 2.34. The standard InChI is InChI=1S/C20H19F3N2O2/c1-14-10-15(2)12-16(11-14)25(9-5-8-24)19(26)13-27-18-7-4-3-6-17(18)20(21,22)23/h3-4,6-7,10-12H,5,9,13H2,1-2H3. The average Bonchev–Trinajstić information content (AvgIpc) is 2.59. The van der Waals surface area contributed by atoms with Gasteiger partial charge in [-0.05, 0) is 49.2 Å². The van der Waals surface area contributed by atoms with Gasteiger partial charge in [0.15, 0.2) is 6.61 Å². The Kier molecular flexibility index (Phi) is 6.45. The van der Waals surface area contributed by atoms with E-state index in [1.165, 1.54) is 23.1 Å². The quantitative estimate of drug-likeness (QED) is 0.738. The summed E-state index contributed by atoms with van der Waals surface area (Å²) in [6.45, 7) is 3.31. The van der Waals surface area contributed by atoms with Crippen molar-refractivity contribution in [3.8, 4) is 11.8 Å². The van der Waals surface area contributed by atoms with Crippen LogP contribution in [-0.2, 0) is 11.0 Å². The fourth-order valence-electron chi connectivity index (χ4n) is 2.71. The Morgan fingerprint density at radius 2 is 1.78 bits per heavy atom. The third kappa shape index (κ3) is 5.48. The molecule has 0 saturated carbocycles. The first-order chi connectivity index (χ1) is 12.7. The summed E-state index contributed by atoms with van der Waals surface area (Å²) in [7, 11) is 0. The summed E-state index contributed by atoms with van der Waals surface area (Å²) in [5.41, 5.74) is 1.51. The minimum Gasteiger partial charge on any atom is -0.483 e. The van der Waals surface area contributed by atoms with Gasteiger partial charge < -0.3 is 9.64 Å². The molecule has 0 N–H and O–H groups in total. The summed E-state index contributed by atoms with van der Waals surface area (Å²) >= 11 is 0. The predicted octanol–water partition coefficient (Wildman–Crippen LogP) is 4.65. The van der Waals surface area contributed by atoms with E-state index in [-0.39, 0.29) is 13.0 Å². The molecule has 0 bridgehead atoms. The Bertz CT molecular complexity index is 837. The number of ether oxygens (including phenoxy) is 1. The number of alkyl halides is 3. The zero-order chi connectivity index (χ0) is 20.0. The maximum absolute atomic E-state index is 13.0. The summed E-state index contributed by atoms with van der Waals surface area (Å²) in [6, 6.07) is 12.2. The van der Waals surface area contributed by atoms with Gasteiger partial charge in [-0.2, -0.15) is 18.4 Å². The molecule has 0 spiro atoms. The summed E-state index contributed by atoms with van der Waals surface area (Å²) in [5, 5.41) is 8.84. The molecule has 142 valence electrons. The van der Waals surface area contributed by atoms with Crippen LogP contribution in [-0.4, -0.2) is 19.1 Å². The third-order valence-corrected chi connectivity index (χ3v) is 3.81. The number of benzene rings is 2. The Morgan fingerprint density at radius 3 is 2.37 bits per heavy atom. The number of hydrogen-bond acceptors (Lipinski definition) is 3. The topological polar surface area (TPSA) is 53.3 Å². The molecule has 0 saturated heterocycles. The van der Waals surface area contributed by atoms with Gasteiger partial charge in [-0.3, -0.25) is 4.79 Å². The molecule has 0 aliphatic carbocycles. The Morgan fingerprint density at radius 1 is 1.15 bits per heavy atom. The molecule has 0 aliphatic heterocycles. The van der Waals surface area contributed by atoms with Gasteiger partial charge in [0.1, 0.15) is 5.75 Å². The Balaban J connectivity index is 2.21. The second-order valence-corrected chi connectivity index (χ2v) is 6.08. The molecule has 0 aromatic heterocycles.